The van der Waals surface area contributed by atoms with Crippen molar-refractivity contribution in [2.45, 2.75) is 25.7 Å². The number of aromatic nitrogens is 1. The first-order valence-electron chi connectivity index (χ1n) is 6.22. The van der Waals surface area contributed by atoms with Crippen LogP contribution in [0.15, 0.2) is 12.1 Å². The van der Waals surface area contributed by atoms with Gasteiger partial charge in [0.25, 0.3) is 0 Å². The molecule has 1 fully saturated rings. The largest absolute Gasteiger partial charge is 0.481 e. The van der Waals surface area contributed by atoms with Gasteiger partial charge >= 0.3 is 0 Å². The number of pyridine rings is 1. The number of methoxy groups -OCH3 is 1. The fraction of sp³-hybridized carbons (Fsp3) is 0.615. The molecule has 0 aromatic carbocycles. The molecule has 4 nitrogen and oxygen atoms in total. The Bertz CT molecular complexity index is 375. The average Bonchev–Trinajstić information content (AvgIpc) is 2.82. The number of hydrogen-bond donors (Lipinski definition) is 1. The molecule has 0 atom stereocenters. The number of rotatable bonds is 4. The van der Waals surface area contributed by atoms with Gasteiger partial charge in [0.1, 0.15) is 0 Å². The lowest BCUT2D eigenvalue weighted by Crippen LogP contribution is -2.25. The summed E-state index contributed by atoms with van der Waals surface area (Å²) < 4.78 is 5.14. The summed E-state index contributed by atoms with van der Waals surface area (Å²) in [6.45, 7) is 1.03. The lowest BCUT2D eigenvalue weighted by atomic mass is 10.1. The van der Waals surface area contributed by atoms with E-state index in [1.807, 2.05) is 6.07 Å². The third-order valence-corrected chi connectivity index (χ3v) is 3.46. The van der Waals surface area contributed by atoms with Gasteiger partial charge in [-0.05, 0) is 24.8 Å². The van der Waals surface area contributed by atoms with Crippen molar-refractivity contribution in [1.29, 1.82) is 0 Å². The molecule has 2 N–H and O–H groups in total. The van der Waals surface area contributed by atoms with Crippen LogP contribution >= 0.6 is 0 Å². The van der Waals surface area contributed by atoms with E-state index in [-0.39, 0.29) is 0 Å². The van der Waals surface area contributed by atoms with Crippen LogP contribution in [0.2, 0.25) is 0 Å². The Kier molecular flexibility index (Phi) is 3.71. The summed E-state index contributed by atoms with van der Waals surface area (Å²) in [4.78, 5) is 6.56. The Hall–Kier alpha value is -1.45. The first-order chi connectivity index (χ1) is 8.20. The number of nitrogen functional groups attached to an aromatic ring is 1. The Morgan fingerprint density at radius 1 is 1.41 bits per heavy atom. The SMILES string of the molecule is COc1ccc(N)c(N(C)CC2CCCC2)n1. The maximum absolute atomic E-state index is 5.96. The molecule has 1 aliphatic carbocycles. The summed E-state index contributed by atoms with van der Waals surface area (Å²) in [5, 5.41) is 0. The van der Waals surface area contributed by atoms with Gasteiger partial charge in [0.15, 0.2) is 5.82 Å². The molecule has 4 heteroatoms. The molecular formula is C13H21N3O. The third-order valence-electron chi connectivity index (χ3n) is 3.46. The van der Waals surface area contributed by atoms with Crippen LogP contribution in [0, 0.1) is 5.92 Å². The number of anilines is 2. The van der Waals surface area contributed by atoms with Gasteiger partial charge in [-0.3, -0.25) is 0 Å². The standard InChI is InChI=1S/C13H21N3O/c1-16(9-10-5-3-4-6-10)13-11(14)7-8-12(15-13)17-2/h7-8,10H,3-6,9,14H2,1-2H3. The zero-order chi connectivity index (χ0) is 12.3. The molecule has 1 aromatic heterocycles. The summed E-state index contributed by atoms with van der Waals surface area (Å²) in [6, 6.07) is 3.65. The highest BCUT2D eigenvalue weighted by Gasteiger charge is 2.18. The van der Waals surface area contributed by atoms with E-state index >= 15 is 0 Å². The predicted octanol–water partition coefficient (Wildman–Crippen LogP) is 2.30. The molecular weight excluding hydrogens is 214 g/mol. The Morgan fingerprint density at radius 2 is 2.12 bits per heavy atom. The van der Waals surface area contributed by atoms with Gasteiger partial charge in [-0.1, -0.05) is 12.8 Å². The van der Waals surface area contributed by atoms with Gasteiger partial charge in [0.05, 0.1) is 12.8 Å². The highest BCUT2D eigenvalue weighted by atomic mass is 16.5. The zero-order valence-corrected chi connectivity index (χ0v) is 10.6. The molecule has 0 spiro atoms. The molecule has 2 rings (SSSR count). The Labute approximate surface area is 103 Å². The van der Waals surface area contributed by atoms with E-state index in [2.05, 4.69) is 16.9 Å². The second-order valence-electron chi connectivity index (χ2n) is 4.80. The van der Waals surface area contributed by atoms with E-state index in [0.717, 1.165) is 18.3 Å². The molecule has 94 valence electrons. The van der Waals surface area contributed by atoms with Crippen molar-refractivity contribution in [3.63, 3.8) is 0 Å². The lowest BCUT2D eigenvalue weighted by molar-refractivity contribution is 0.398. The van der Waals surface area contributed by atoms with Gasteiger partial charge in [0, 0.05) is 19.7 Å². The van der Waals surface area contributed by atoms with Crippen LogP contribution in [-0.4, -0.2) is 25.7 Å². The van der Waals surface area contributed by atoms with Crippen molar-refractivity contribution in [3.8, 4) is 5.88 Å². The monoisotopic (exact) mass is 235 g/mol. The quantitative estimate of drug-likeness (QED) is 0.870. The summed E-state index contributed by atoms with van der Waals surface area (Å²) >= 11 is 0. The zero-order valence-electron chi connectivity index (χ0n) is 10.6. The number of nitrogens with two attached hydrogens (primary N) is 1. The maximum Gasteiger partial charge on any atom is 0.215 e. The molecule has 0 amide bonds. The van der Waals surface area contributed by atoms with E-state index in [0.29, 0.717) is 11.6 Å². The van der Waals surface area contributed by atoms with E-state index in [1.165, 1.54) is 25.7 Å². The van der Waals surface area contributed by atoms with E-state index < -0.39 is 0 Å². The first kappa shape index (κ1) is 12.0. The first-order valence-corrected chi connectivity index (χ1v) is 6.22. The fourth-order valence-corrected chi connectivity index (χ4v) is 2.53. The van der Waals surface area contributed by atoms with Crippen molar-refractivity contribution in [2.24, 2.45) is 5.92 Å². The van der Waals surface area contributed by atoms with Crippen LogP contribution in [0.25, 0.3) is 0 Å². The molecule has 17 heavy (non-hydrogen) atoms. The second-order valence-corrected chi connectivity index (χ2v) is 4.80. The molecule has 0 saturated heterocycles. The minimum Gasteiger partial charge on any atom is -0.481 e. The number of hydrogen-bond acceptors (Lipinski definition) is 4. The van der Waals surface area contributed by atoms with Crippen LogP contribution in [-0.2, 0) is 0 Å². The molecule has 0 aliphatic heterocycles. The van der Waals surface area contributed by atoms with Crippen LogP contribution in [0.3, 0.4) is 0 Å². The van der Waals surface area contributed by atoms with Crippen LogP contribution in [0.5, 0.6) is 5.88 Å². The molecule has 1 aromatic rings. The van der Waals surface area contributed by atoms with Gasteiger partial charge in [-0.2, -0.15) is 4.98 Å². The van der Waals surface area contributed by atoms with Gasteiger partial charge in [0.2, 0.25) is 5.88 Å². The second kappa shape index (κ2) is 5.25. The maximum atomic E-state index is 5.96. The van der Waals surface area contributed by atoms with Crippen molar-refractivity contribution < 1.29 is 4.74 Å². The number of ether oxygens (including phenoxy) is 1. The van der Waals surface area contributed by atoms with E-state index in [4.69, 9.17) is 10.5 Å². The van der Waals surface area contributed by atoms with Crippen LogP contribution in [0.1, 0.15) is 25.7 Å². The molecule has 1 saturated carbocycles. The summed E-state index contributed by atoms with van der Waals surface area (Å²) in [7, 11) is 3.68. The van der Waals surface area contributed by atoms with Crippen LogP contribution < -0.4 is 15.4 Å². The summed E-state index contributed by atoms with van der Waals surface area (Å²) in [5.74, 6) is 2.23. The molecule has 1 heterocycles. The van der Waals surface area contributed by atoms with Crippen molar-refractivity contribution in [1.82, 2.24) is 4.98 Å². The Balaban J connectivity index is 2.08. The molecule has 0 radical (unpaired) electrons. The highest BCUT2D eigenvalue weighted by molar-refractivity contribution is 5.63. The molecule has 1 aliphatic rings. The highest BCUT2D eigenvalue weighted by Crippen LogP contribution is 2.28. The summed E-state index contributed by atoms with van der Waals surface area (Å²) in [6.07, 6.45) is 5.38. The lowest BCUT2D eigenvalue weighted by Gasteiger charge is -2.23. The van der Waals surface area contributed by atoms with Gasteiger partial charge < -0.3 is 15.4 Å². The fourth-order valence-electron chi connectivity index (χ4n) is 2.53. The average molecular weight is 235 g/mol. The van der Waals surface area contributed by atoms with Crippen molar-refractivity contribution >= 4 is 11.5 Å². The topological polar surface area (TPSA) is 51.4 Å². The van der Waals surface area contributed by atoms with E-state index in [9.17, 15) is 0 Å². The normalized spacial score (nSPS) is 16.1. The van der Waals surface area contributed by atoms with E-state index in [1.54, 1.807) is 13.2 Å². The van der Waals surface area contributed by atoms with Crippen molar-refractivity contribution in [2.75, 3.05) is 31.3 Å². The smallest absolute Gasteiger partial charge is 0.215 e. The summed E-state index contributed by atoms with van der Waals surface area (Å²) in [5.41, 5.74) is 6.67. The number of nitrogens with zero attached hydrogens (tertiary/aromatic N) is 2. The minimum atomic E-state index is 0.618. The van der Waals surface area contributed by atoms with Crippen molar-refractivity contribution in [3.05, 3.63) is 12.1 Å². The minimum absolute atomic E-state index is 0.618. The van der Waals surface area contributed by atoms with Crippen LogP contribution in [0.4, 0.5) is 11.5 Å². The predicted molar refractivity (Wildman–Crippen MR) is 70.4 cm³/mol. The third kappa shape index (κ3) is 2.81. The van der Waals surface area contributed by atoms with Gasteiger partial charge in [-0.15, -0.1) is 0 Å². The molecule has 0 unspecified atom stereocenters. The molecule has 0 bridgehead atoms. The Morgan fingerprint density at radius 3 is 2.76 bits per heavy atom. The van der Waals surface area contributed by atoms with Gasteiger partial charge in [-0.25, -0.2) is 0 Å².